The molecule has 2 aromatic carbocycles. The van der Waals surface area contributed by atoms with Gasteiger partial charge < -0.3 is 15.8 Å². The van der Waals surface area contributed by atoms with Crippen molar-refractivity contribution in [2.45, 2.75) is 12.5 Å². The number of nitrogens with one attached hydrogen (secondary N) is 2. The van der Waals surface area contributed by atoms with Crippen molar-refractivity contribution in [3.8, 4) is 11.4 Å². The SMILES string of the molecule is N=CCC(Nc1ccccc1)c1nn(-c2cccc(O)c2)ccc1=O. The van der Waals surface area contributed by atoms with Crippen LogP contribution in [0.5, 0.6) is 5.75 Å². The van der Waals surface area contributed by atoms with Gasteiger partial charge in [0.25, 0.3) is 0 Å². The molecule has 1 aromatic heterocycles. The molecule has 0 amide bonds. The van der Waals surface area contributed by atoms with E-state index in [0.29, 0.717) is 17.8 Å². The van der Waals surface area contributed by atoms with E-state index in [9.17, 15) is 9.90 Å². The van der Waals surface area contributed by atoms with Crippen LogP contribution >= 0.6 is 0 Å². The van der Waals surface area contributed by atoms with E-state index in [2.05, 4.69) is 10.4 Å². The Kier molecular flexibility index (Phi) is 4.89. The lowest BCUT2D eigenvalue weighted by Gasteiger charge is -2.18. The Labute approximate surface area is 144 Å². The summed E-state index contributed by atoms with van der Waals surface area (Å²) in [5.41, 5.74) is 1.61. The van der Waals surface area contributed by atoms with Crippen LogP contribution < -0.4 is 10.7 Å². The summed E-state index contributed by atoms with van der Waals surface area (Å²) in [4.78, 5) is 12.3. The van der Waals surface area contributed by atoms with Crippen LogP contribution in [0, 0.1) is 5.41 Å². The van der Waals surface area contributed by atoms with Gasteiger partial charge in [0.1, 0.15) is 11.4 Å². The van der Waals surface area contributed by atoms with Crippen molar-refractivity contribution in [3.05, 3.63) is 82.8 Å². The molecule has 0 bridgehead atoms. The van der Waals surface area contributed by atoms with Crippen LogP contribution in [0.4, 0.5) is 5.69 Å². The Morgan fingerprint density at radius 2 is 1.96 bits per heavy atom. The minimum absolute atomic E-state index is 0.123. The maximum atomic E-state index is 12.3. The summed E-state index contributed by atoms with van der Waals surface area (Å²) in [6.45, 7) is 0. The number of anilines is 1. The molecule has 0 aliphatic rings. The van der Waals surface area contributed by atoms with Crippen molar-refractivity contribution < 1.29 is 5.11 Å². The van der Waals surface area contributed by atoms with Crippen molar-refractivity contribution in [2.75, 3.05) is 5.32 Å². The highest BCUT2D eigenvalue weighted by atomic mass is 16.3. The van der Waals surface area contributed by atoms with Gasteiger partial charge >= 0.3 is 0 Å². The number of aromatic hydroxyl groups is 1. The van der Waals surface area contributed by atoms with Crippen LogP contribution in [-0.2, 0) is 0 Å². The molecule has 0 saturated heterocycles. The first-order chi connectivity index (χ1) is 12.2. The second kappa shape index (κ2) is 7.44. The molecule has 0 aliphatic heterocycles. The predicted octanol–water partition coefficient (Wildman–Crippen LogP) is 3.13. The second-order valence-electron chi connectivity index (χ2n) is 5.53. The number of hydrogen-bond donors (Lipinski definition) is 3. The highest BCUT2D eigenvalue weighted by Crippen LogP contribution is 2.19. The van der Waals surface area contributed by atoms with Crippen LogP contribution in [-0.4, -0.2) is 21.1 Å². The molecule has 6 nitrogen and oxygen atoms in total. The van der Waals surface area contributed by atoms with E-state index in [1.807, 2.05) is 30.3 Å². The van der Waals surface area contributed by atoms with E-state index in [4.69, 9.17) is 5.41 Å². The average Bonchev–Trinajstić information content (AvgIpc) is 2.63. The van der Waals surface area contributed by atoms with E-state index in [1.165, 1.54) is 12.3 Å². The lowest BCUT2D eigenvalue weighted by molar-refractivity contribution is 0.474. The molecular formula is C19H18N4O2. The van der Waals surface area contributed by atoms with Gasteiger partial charge in [-0.1, -0.05) is 24.3 Å². The molecular weight excluding hydrogens is 316 g/mol. The lowest BCUT2D eigenvalue weighted by atomic mass is 10.1. The molecule has 0 aliphatic carbocycles. The number of nitrogens with zero attached hydrogens (tertiary/aromatic N) is 2. The van der Waals surface area contributed by atoms with E-state index in [0.717, 1.165) is 5.69 Å². The smallest absolute Gasteiger partial charge is 0.205 e. The fraction of sp³-hybridized carbons (Fsp3) is 0.105. The Morgan fingerprint density at radius 3 is 2.68 bits per heavy atom. The van der Waals surface area contributed by atoms with Crippen molar-refractivity contribution >= 4 is 11.9 Å². The maximum Gasteiger partial charge on any atom is 0.205 e. The standard InChI is InChI=1S/C19H18N4O2/c20-11-9-17(21-14-5-2-1-3-6-14)19-18(25)10-12-23(22-19)15-7-4-8-16(24)13-15/h1-8,10-13,17,20-21,24H,9H2. The van der Waals surface area contributed by atoms with Crippen molar-refractivity contribution in [2.24, 2.45) is 0 Å². The summed E-state index contributed by atoms with van der Waals surface area (Å²) in [6.07, 6.45) is 3.15. The quantitative estimate of drug-likeness (QED) is 0.604. The fourth-order valence-corrected chi connectivity index (χ4v) is 2.54. The molecule has 0 saturated carbocycles. The Balaban J connectivity index is 1.99. The Morgan fingerprint density at radius 1 is 1.16 bits per heavy atom. The third-order valence-electron chi connectivity index (χ3n) is 3.73. The third kappa shape index (κ3) is 3.92. The monoisotopic (exact) mass is 334 g/mol. The second-order valence-corrected chi connectivity index (χ2v) is 5.53. The summed E-state index contributed by atoms with van der Waals surface area (Å²) >= 11 is 0. The highest BCUT2D eigenvalue weighted by Gasteiger charge is 2.16. The fourth-order valence-electron chi connectivity index (χ4n) is 2.54. The van der Waals surface area contributed by atoms with Gasteiger partial charge in [-0.05, 0) is 30.5 Å². The highest BCUT2D eigenvalue weighted by molar-refractivity contribution is 5.57. The number of aromatic nitrogens is 2. The summed E-state index contributed by atoms with van der Waals surface area (Å²) in [5.74, 6) is 0.123. The maximum absolute atomic E-state index is 12.3. The molecule has 6 heteroatoms. The minimum Gasteiger partial charge on any atom is -0.508 e. The van der Waals surface area contributed by atoms with Gasteiger partial charge in [-0.2, -0.15) is 5.10 Å². The molecule has 0 fully saturated rings. The van der Waals surface area contributed by atoms with Gasteiger partial charge in [0.2, 0.25) is 5.43 Å². The Hall–Kier alpha value is -3.41. The lowest BCUT2D eigenvalue weighted by Crippen LogP contribution is -2.24. The van der Waals surface area contributed by atoms with Gasteiger partial charge in [0.15, 0.2) is 0 Å². The van der Waals surface area contributed by atoms with Crippen LogP contribution in [0.15, 0.2) is 71.7 Å². The van der Waals surface area contributed by atoms with Gasteiger partial charge in [0, 0.05) is 30.4 Å². The van der Waals surface area contributed by atoms with Gasteiger partial charge in [-0.15, -0.1) is 0 Å². The average molecular weight is 334 g/mol. The summed E-state index contributed by atoms with van der Waals surface area (Å²) < 4.78 is 1.54. The van der Waals surface area contributed by atoms with Gasteiger partial charge in [-0.25, -0.2) is 4.68 Å². The molecule has 0 spiro atoms. The molecule has 3 rings (SSSR count). The zero-order chi connectivity index (χ0) is 17.6. The van der Waals surface area contributed by atoms with Crippen molar-refractivity contribution in [1.29, 1.82) is 5.41 Å². The van der Waals surface area contributed by atoms with E-state index < -0.39 is 6.04 Å². The zero-order valence-electron chi connectivity index (χ0n) is 13.5. The van der Waals surface area contributed by atoms with Crippen molar-refractivity contribution in [3.63, 3.8) is 0 Å². The van der Waals surface area contributed by atoms with Crippen LogP contribution in [0.2, 0.25) is 0 Å². The number of benzene rings is 2. The first-order valence-electron chi connectivity index (χ1n) is 7.87. The molecule has 25 heavy (non-hydrogen) atoms. The van der Waals surface area contributed by atoms with Crippen LogP contribution in [0.3, 0.4) is 0 Å². The molecule has 1 unspecified atom stereocenters. The largest absolute Gasteiger partial charge is 0.508 e. The number of phenols is 1. The minimum atomic E-state index is -0.419. The Bertz CT molecular complexity index is 922. The molecule has 126 valence electrons. The zero-order valence-corrected chi connectivity index (χ0v) is 13.5. The summed E-state index contributed by atoms with van der Waals surface area (Å²) in [6, 6.07) is 17.2. The van der Waals surface area contributed by atoms with Crippen molar-refractivity contribution in [1.82, 2.24) is 9.78 Å². The molecule has 1 heterocycles. The first-order valence-corrected chi connectivity index (χ1v) is 7.87. The topological polar surface area (TPSA) is 91.0 Å². The predicted molar refractivity (Wildman–Crippen MR) is 97.7 cm³/mol. The molecule has 3 aromatic rings. The molecule has 0 radical (unpaired) electrons. The van der Waals surface area contributed by atoms with E-state index in [1.54, 1.807) is 35.1 Å². The number of phenolic OH excluding ortho intramolecular Hbond substituents is 1. The van der Waals surface area contributed by atoms with Gasteiger partial charge in [-0.3, -0.25) is 4.79 Å². The normalized spacial score (nSPS) is 11.7. The van der Waals surface area contributed by atoms with Gasteiger partial charge in [0.05, 0.1) is 11.7 Å². The first kappa shape index (κ1) is 16.4. The summed E-state index contributed by atoms with van der Waals surface area (Å²) in [7, 11) is 0. The van der Waals surface area contributed by atoms with Crippen LogP contribution in [0.1, 0.15) is 18.2 Å². The summed E-state index contributed by atoms with van der Waals surface area (Å²) in [5, 5.41) is 24.7. The number of rotatable bonds is 6. The molecule has 1 atom stereocenters. The van der Waals surface area contributed by atoms with Crippen LogP contribution in [0.25, 0.3) is 5.69 Å². The van der Waals surface area contributed by atoms with E-state index in [-0.39, 0.29) is 11.2 Å². The number of para-hydroxylation sites is 1. The van der Waals surface area contributed by atoms with E-state index >= 15 is 0 Å². The number of hydrogen-bond acceptors (Lipinski definition) is 5. The molecule has 3 N–H and O–H groups in total. The third-order valence-corrected chi connectivity index (χ3v) is 3.73.